The molecule has 0 N–H and O–H groups in total. The van der Waals surface area contributed by atoms with Crippen LogP contribution in [-0.2, 0) is 4.74 Å². The fourth-order valence-corrected chi connectivity index (χ4v) is 2.58. The minimum absolute atomic E-state index is 0.0823. The summed E-state index contributed by atoms with van der Waals surface area (Å²) in [7, 11) is 0. The van der Waals surface area contributed by atoms with Crippen LogP contribution in [0.25, 0.3) is 0 Å². The van der Waals surface area contributed by atoms with Crippen LogP contribution < -0.4 is 0 Å². The van der Waals surface area contributed by atoms with Crippen molar-refractivity contribution in [3.63, 3.8) is 0 Å². The number of carbonyl (C=O) groups is 1. The summed E-state index contributed by atoms with van der Waals surface area (Å²) in [6, 6.07) is 4.31. The molecular formula is C15H15BrFNO2. The number of likely N-dealkylation sites (tertiary alicyclic amines) is 1. The van der Waals surface area contributed by atoms with Crippen LogP contribution in [0.5, 0.6) is 0 Å². The Bertz CT molecular complexity index is 533. The predicted molar refractivity (Wildman–Crippen MR) is 77.8 cm³/mol. The van der Waals surface area contributed by atoms with Gasteiger partial charge >= 0.3 is 0 Å². The molecule has 0 bridgehead atoms. The number of rotatable bonds is 3. The van der Waals surface area contributed by atoms with Gasteiger partial charge in [0.15, 0.2) is 0 Å². The standard InChI is InChI=1S/C15H15BrFNO2/c1-2-9-20-12-5-7-18(8-6-12)15(19)11-3-4-14(17)13(16)10-11/h1,3-4,10,12H,5-9H2. The smallest absolute Gasteiger partial charge is 0.253 e. The minimum atomic E-state index is -0.372. The first-order chi connectivity index (χ1) is 9.61. The van der Waals surface area contributed by atoms with Crippen LogP contribution in [0.3, 0.4) is 0 Å². The molecule has 0 aliphatic carbocycles. The van der Waals surface area contributed by atoms with Crippen molar-refractivity contribution in [2.24, 2.45) is 0 Å². The van der Waals surface area contributed by atoms with E-state index in [1.807, 2.05) is 0 Å². The van der Waals surface area contributed by atoms with Crippen LogP contribution in [0, 0.1) is 18.2 Å². The van der Waals surface area contributed by atoms with Crippen molar-refractivity contribution in [1.82, 2.24) is 4.90 Å². The van der Waals surface area contributed by atoms with E-state index in [1.54, 1.807) is 4.90 Å². The third kappa shape index (κ3) is 3.59. The number of carbonyl (C=O) groups excluding carboxylic acids is 1. The summed E-state index contributed by atoms with van der Waals surface area (Å²) < 4.78 is 18.9. The van der Waals surface area contributed by atoms with Crippen LogP contribution in [0.1, 0.15) is 23.2 Å². The van der Waals surface area contributed by atoms with E-state index >= 15 is 0 Å². The van der Waals surface area contributed by atoms with Gasteiger partial charge in [0.25, 0.3) is 5.91 Å². The van der Waals surface area contributed by atoms with E-state index in [0.29, 0.717) is 29.7 Å². The Hall–Kier alpha value is -1.38. The average molecular weight is 340 g/mol. The summed E-state index contributed by atoms with van der Waals surface area (Å²) >= 11 is 3.09. The van der Waals surface area contributed by atoms with E-state index in [0.717, 1.165) is 12.8 Å². The molecular weight excluding hydrogens is 325 g/mol. The van der Waals surface area contributed by atoms with Gasteiger partial charge in [-0.2, -0.15) is 0 Å². The number of hydrogen-bond donors (Lipinski definition) is 0. The second-order valence-corrected chi connectivity index (χ2v) is 5.49. The number of benzene rings is 1. The Labute approximate surface area is 126 Å². The average Bonchev–Trinajstić information content (AvgIpc) is 2.48. The minimum Gasteiger partial charge on any atom is -0.365 e. The van der Waals surface area contributed by atoms with Gasteiger partial charge in [-0.05, 0) is 47.0 Å². The molecule has 1 saturated heterocycles. The van der Waals surface area contributed by atoms with Gasteiger partial charge in [0, 0.05) is 18.7 Å². The molecule has 3 nitrogen and oxygen atoms in total. The quantitative estimate of drug-likeness (QED) is 0.792. The molecule has 1 amide bonds. The highest BCUT2D eigenvalue weighted by Gasteiger charge is 2.24. The first-order valence-corrected chi connectivity index (χ1v) is 7.20. The SMILES string of the molecule is C#CCOC1CCN(C(=O)c2ccc(F)c(Br)c2)CC1. The highest BCUT2D eigenvalue weighted by molar-refractivity contribution is 9.10. The van der Waals surface area contributed by atoms with Gasteiger partial charge in [-0.3, -0.25) is 4.79 Å². The van der Waals surface area contributed by atoms with Crippen molar-refractivity contribution >= 4 is 21.8 Å². The zero-order valence-electron chi connectivity index (χ0n) is 10.9. The zero-order chi connectivity index (χ0) is 14.5. The Kier molecular flexibility index (Phi) is 5.16. The molecule has 0 aromatic heterocycles. The Morgan fingerprint density at radius 2 is 2.20 bits per heavy atom. The highest BCUT2D eigenvalue weighted by Crippen LogP contribution is 2.20. The molecule has 106 valence electrons. The molecule has 20 heavy (non-hydrogen) atoms. The summed E-state index contributed by atoms with van der Waals surface area (Å²) in [6.07, 6.45) is 6.82. The van der Waals surface area contributed by atoms with Gasteiger partial charge in [-0.25, -0.2) is 4.39 Å². The number of hydrogen-bond acceptors (Lipinski definition) is 2. The van der Waals surface area contributed by atoms with Crippen LogP contribution in [0.2, 0.25) is 0 Å². The summed E-state index contributed by atoms with van der Waals surface area (Å²) in [5, 5.41) is 0. The van der Waals surface area contributed by atoms with Gasteiger partial charge in [-0.15, -0.1) is 6.42 Å². The second-order valence-electron chi connectivity index (χ2n) is 4.64. The van der Waals surface area contributed by atoms with Gasteiger partial charge < -0.3 is 9.64 Å². The Morgan fingerprint density at radius 1 is 1.50 bits per heavy atom. The normalized spacial score (nSPS) is 15.9. The van der Waals surface area contributed by atoms with Gasteiger partial charge in [0.1, 0.15) is 12.4 Å². The van der Waals surface area contributed by atoms with Crippen LogP contribution in [-0.4, -0.2) is 36.6 Å². The third-order valence-electron chi connectivity index (χ3n) is 3.30. The molecule has 0 saturated carbocycles. The van der Waals surface area contributed by atoms with Crippen molar-refractivity contribution in [1.29, 1.82) is 0 Å². The zero-order valence-corrected chi connectivity index (χ0v) is 12.5. The van der Waals surface area contributed by atoms with Crippen molar-refractivity contribution in [2.45, 2.75) is 18.9 Å². The van der Waals surface area contributed by atoms with Gasteiger partial charge in [0.2, 0.25) is 0 Å². The number of halogens is 2. The van der Waals surface area contributed by atoms with Crippen molar-refractivity contribution in [2.75, 3.05) is 19.7 Å². The lowest BCUT2D eigenvalue weighted by Crippen LogP contribution is -2.41. The second kappa shape index (κ2) is 6.87. The number of terminal acetylenes is 1. The van der Waals surface area contributed by atoms with Gasteiger partial charge in [-0.1, -0.05) is 5.92 Å². The van der Waals surface area contributed by atoms with E-state index < -0.39 is 0 Å². The van der Waals surface area contributed by atoms with E-state index in [4.69, 9.17) is 11.2 Å². The number of piperidine rings is 1. The third-order valence-corrected chi connectivity index (χ3v) is 3.91. The number of amides is 1. The molecule has 1 aliphatic rings. The van der Waals surface area contributed by atoms with Gasteiger partial charge in [0.05, 0.1) is 10.6 Å². The maximum Gasteiger partial charge on any atom is 0.253 e. The lowest BCUT2D eigenvalue weighted by molar-refractivity contribution is 0.0231. The number of nitrogens with zero attached hydrogens (tertiary/aromatic N) is 1. The topological polar surface area (TPSA) is 29.5 Å². The molecule has 5 heteroatoms. The molecule has 0 spiro atoms. The van der Waals surface area contributed by atoms with Crippen molar-refractivity contribution in [3.05, 3.63) is 34.1 Å². The molecule has 0 radical (unpaired) electrons. The predicted octanol–water partition coefficient (Wildman–Crippen LogP) is 2.84. The fourth-order valence-electron chi connectivity index (χ4n) is 2.20. The molecule has 1 heterocycles. The Balaban J connectivity index is 1.94. The first kappa shape index (κ1) is 15.0. The molecule has 1 fully saturated rings. The fraction of sp³-hybridized carbons (Fsp3) is 0.400. The van der Waals surface area contributed by atoms with Crippen molar-refractivity contribution in [3.8, 4) is 12.3 Å². The van der Waals surface area contributed by atoms with Crippen LogP contribution >= 0.6 is 15.9 Å². The number of ether oxygens (including phenoxy) is 1. The monoisotopic (exact) mass is 339 g/mol. The van der Waals surface area contributed by atoms with E-state index in [2.05, 4.69) is 21.9 Å². The molecule has 2 rings (SSSR count). The van der Waals surface area contributed by atoms with Crippen LogP contribution in [0.15, 0.2) is 22.7 Å². The summed E-state index contributed by atoms with van der Waals surface area (Å²) in [4.78, 5) is 14.1. The van der Waals surface area contributed by atoms with E-state index in [9.17, 15) is 9.18 Å². The first-order valence-electron chi connectivity index (χ1n) is 6.41. The van der Waals surface area contributed by atoms with Crippen molar-refractivity contribution < 1.29 is 13.9 Å². The maximum absolute atomic E-state index is 13.2. The summed E-state index contributed by atoms with van der Waals surface area (Å²) in [6.45, 7) is 1.57. The molecule has 1 aromatic rings. The molecule has 0 atom stereocenters. The van der Waals surface area contributed by atoms with E-state index in [1.165, 1.54) is 18.2 Å². The summed E-state index contributed by atoms with van der Waals surface area (Å²) in [5.41, 5.74) is 0.487. The lowest BCUT2D eigenvalue weighted by Gasteiger charge is -2.31. The largest absolute Gasteiger partial charge is 0.365 e. The Morgan fingerprint density at radius 3 is 2.80 bits per heavy atom. The molecule has 1 aromatic carbocycles. The van der Waals surface area contributed by atoms with E-state index in [-0.39, 0.29) is 17.8 Å². The van der Waals surface area contributed by atoms with Crippen LogP contribution in [0.4, 0.5) is 4.39 Å². The maximum atomic E-state index is 13.2. The lowest BCUT2D eigenvalue weighted by atomic mass is 10.1. The molecule has 1 aliphatic heterocycles. The highest BCUT2D eigenvalue weighted by atomic mass is 79.9. The summed E-state index contributed by atoms with van der Waals surface area (Å²) in [5.74, 6) is 1.99. The molecule has 0 unspecified atom stereocenters.